The minimum absolute atomic E-state index is 0.0243. The van der Waals surface area contributed by atoms with Crippen molar-refractivity contribution in [1.82, 2.24) is 5.32 Å². The van der Waals surface area contributed by atoms with E-state index in [4.69, 9.17) is 9.47 Å². The third-order valence-electron chi connectivity index (χ3n) is 4.82. The number of methoxy groups -OCH3 is 1. The molecule has 6 nitrogen and oxygen atoms in total. The van der Waals surface area contributed by atoms with E-state index in [1.807, 2.05) is 0 Å². The molecule has 4 rings (SSSR count). The van der Waals surface area contributed by atoms with Crippen molar-refractivity contribution in [3.63, 3.8) is 0 Å². The molecular formula is C24H18BrFN2O4. The molecule has 0 atom stereocenters. The summed E-state index contributed by atoms with van der Waals surface area (Å²) in [6, 6.07) is 17.8. The van der Waals surface area contributed by atoms with Crippen LogP contribution < -0.4 is 19.7 Å². The number of carbonyl (C=O) groups is 2. The van der Waals surface area contributed by atoms with Gasteiger partial charge in [0.15, 0.2) is 11.5 Å². The molecule has 32 heavy (non-hydrogen) atoms. The number of nitrogens with one attached hydrogen (secondary N) is 1. The van der Waals surface area contributed by atoms with Crippen LogP contribution in [0.3, 0.4) is 0 Å². The Morgan fingerprint density at radius 2 is 1.75 bits per heavy atom. The minimum Gasteiger partial charge on any atom is -0.493 e. The molecule has 1 saturated heterocycles. The van der Waals surface area contributed by atoms with Gasteiger partial charge in [0.05, 0.1) is 12.8 Å². The van der Waals surface area contributed by atoms with Gasteiger partial charge in [-0.25, -0.2) is 14.1 Å². The lowest BCUT2D eigenvalue weighted by atomic mass is 10.1. The van der Waals surface area contributed by atoms with Crippen molar-refractivity contribution in [3.05, 3.63) is 93.8 Å². The predicted octanol–water partition coefficient (Wildman–Crippen LogP) is 5.27. The third-order valence-corrected chi connectivity index (χ3v) is 5.50. The number of imide groups is 1. The average Bonchev–Trinajstić information content (AvgIpc) is 3.08. The van der Waals surface area contributed by atoms with Gasteiger partial charge in [-0.1, -0.05) is 52.3 Å². The van der Waals surface area contributed by atoms with Crippen LogP contribution in [0, 0.1) is 5.82 Å². The number of anilines is 1. The lowest BCUT2D eigenvalue weighted by Crippen LogP contribution is -2.30. The molecule has 1 heterocycles. The number of nitrogens with zero attached hydrogens (tertiary/aromatic N) is 1. The van der Waals surface area contributed by atoms with E-state index in [0.717, 1.165) is 4.90 Å². The standard InChI is InChI=1S/C24H18BrFN2O4/c1-31-21-12-16(18(25)13-22(21)32-14-15-7-5-6-10-19(15)26)11-20-23(29)28(24(30)27-20)17-8-3-2-4-9-17/h2-13H,14H2,1H3,(H,27,30)/b20-11+. The Morgan fingerprint density at radius 1 is 1.03 bits per heavy atom. The molecule has 3 aromatic rings. The number of rotatable bonds is 6. The number of urea groups is 1. The van der Waals surface area contributed by atoms with Crippen LogP contribution in [0.1, 0.15) is 11.1 Å². The Balaban J connectivity index is 1.59. The topological polar surface area (TPSA) is 67.9 Å². The smallest absolute Gasteiger partial charge is 0.333 e. The molecule has 3 aromatic carbocycles. The van der Waals surface area contributed by atoms with Crippen LogP contribution in [0.4, 0.5) is 14.9 Å². The van der Waals surface area contributed by atoms with Gasteiger partial charge in [0.25, 0.3) is 5.91 Å². The summed E-state index contributed by atoms with van der Waals surface area (Å²) in [6.45, 7) is 0.0243. The zero-order valence-corrected chi connectivity index (χ0v) is 18.6. The number of carbonyl (C=O) groups excluding carboxylic acids is 2. The van der Waals surface area contributed by atoms with E-state index in [1.165, 1.54) is 13.2 Å². The monoisotopic (exact) mass is 496 g/mol. The van der Waals surface area contributed by atoms with E-state index in [9.17, 15) is 14.0 Å². The number of halogens is 2. The normalized spacial score (nSPS) is 14.6. The van der Waals surface area contributed by atoms with Gasteiger partial charge in [0.1, 0.15) is 18.1 Å². The molecule has 1 fully saturated rings. The molecule has 0 saturated carbocycles. The second kappa shape index (κ2) is 9.23. The summed E-state index contributed by atoms with van der Waals surface area (Å²) in [5.74, 6) is -0.0251. The fourth-order valence-corrected chi connectivity index (χ4v) is 3.64. The lowest BCUT2D eigenvalue weighted by molar-refractivity contribution is -0.113. The Labute approximate surface area is 192 Å². The first kappa shape index (κ1) is 21.6. The summed E-state index contributed by atoms with van der Waals surface area (Å²) in [5, 5.41) is 2.60. The number of hydrogen-bond donors (Lipinski definition) is 1. The zero-order valence-electron chi connectivity index (χ0n) is 17.0. The first-order valence-corrected chi connectivity index (χ1v) is 10.4. The Kier molecular flexibility index (Phi) is 6.23. The fraction of sp³-hybridized carbons (Fsp3) is 0.0833. The quantitative estimate of drug-likeness (QED) is 0.372. The van der Waals surface area contributed by atoms with E-state index >= 15 is 0 Å². The van der Waals surface area contributed by atoms with Crippen LogP contribution in [0.2, 0.25) is 0 Å². The van der Waals surface area contributed by atoms with Crippen molar-refractivity contribution in [2.24, 2.45) is 0 Å². The van der Waals surface area contributed by atoms with E-state index in [2.05, 4.69) is 21.2 Å². The summed E-state index contributed by atoms with van der Waals surface area (Å²) < 4.78 is 25.6. The second-order valence-electron chi connectivity index (χ2n) is 6.87. The van der Waals surface area contributed by atoms with Crippen LogP contribution in [-0.2, 0) is 11.4 Å². The van der Waals surface area contributed by atoms with Crippen LogP contribution >= 0.6 is 15.9 Å². The molecule has 0 spiro atoms. The maximum Gasteiger partial charge on any atom is 0.333 e. The zero-order chi connectivity index (χ0) is 22.7. The average molecular weight is 497 g/mol. The summed E-state index contributed by atoms with van der Waals surface area (Å²) in [7, 11) is 1.48. The van der Waals surface area contributed by atoms with Crippen LogP contribution in [0.15, 0.2) is 76.9 Å². The maximum atomic E-state index is 13.9. The van der Waals surface area contributed by atoms with Gasteiger partial charge >= 0.3 is 6.03 Å². The van der Waals surface area contributed by atoms with Crippen molar-refractivity contribution in [3.8, 4) is 11.5 Å². The summed E-state index contributed by atoms with van der Waals surface area (Å²) >= 11 is 3.46. The third kappa shape index (κ3) is 4.36. The van der Waals surface area contributed by atoms with Crippen LogP contribution in [-0.4, -0.2) is 19.0 Å². The van der Waals surface area contributed by atoms with Gasteiger partial charge in [-0.15, -0.1) is 0 Å². The molecule has 8 heteroatoms. The molecule has 1 aliphatic rings. The lowest BCUT2D eigenvalue weighted by Gasteiger charge is -2.13. The van der Waals surface area contributed by atoms with E-state index in [0.29, 0.717) is 32.8 Å². The molecule has 0 aromatic heterocycles. The number of para-hydroxylation sites is 1. The highest BCUT2D eigenvalue weighted by Crippen LogP contribution is 2.35. The number of ether oxygens (including phenoxy) is 2. The highest BCUT2D eigenvalue weighted by atomic mass is 79.9. The van der Waals surface area contributed by atoms with Gasteiger partial charge in [0.2, 0.25) is 0 Å². The Bertz CT molecular complexity index is 1210. The van der Waals surface area contributed by atoms with Gasteiger partial charge in [0, 0.05) is 10.0 Å². The molecular weight excluding hydrogens is 479 g/mol. The molecule has 0 aliphatic carbocycles. The molecule has 162 valence electrons. The predicted molar refractivity (Wildman–Crippen MR) is 122 cm³/mol. The summed E-state index contributed by atoms with van der Waals surface area (Å²) in [6.07, 6.45) is 1.55. The summed E-state index contributed by atoms with van der Waals surface area (Å²) in [5.41, 5.74) is 1.62. The fourth-order valence-electron chi connectivity index (χ4n) is 3.21. The molecule has 0 unspecified atom stereocenters. The highest BCUT2D eigenvalue weighted by Gasteiger charge is 2.34. The van der Waals surface area contributed by atoms with Gasteiger partial charge in [-0.05, 0) is 42.0 Å². The van der Waals surface area contributed by atoms with Gasteiger partial charge in [-0.3, -0.25) is 4.79 Å². The van der Waals surface area contributed by atoms with Gasteiger partial charge in [-0.2, -0.15) is 0 Å². The maximum absolute atomic E-state index is 13.9. The van der Waals surface area contributed by atoms with Crippen molar-refractivity contribution >= 4 is 39.6 Å². The van der Waals surface area contributed by atoms with E-state index in [1.54, 1.807) is 66.7 Å². The minimum atomic E-state index is -0.527. The number of amides is 3. The van der Waals surface area contributed by atoms with E-state index in [-0.39, 0.29) is 18.1 Å². The Hall–Kier alpha value is -3.65. The second-order valence-corrected chi connectivity index (χ2v) is 7.72. The van der Waals surface area contributed by atoms with Crippen LogP contribution in [0.25, 0.3) is 6.08 Å². The van der Waals surface area contributed by atoms with E-state index < -0.39 is 11.9 Å². The summed E-state index contributed by atoms with van der Waals surface area (Å²) in [4.78, 5) is 26.2. The SMILES string of the molecule is COc1cc(/C=C2/NC(=O)N(c3ccccc3)C2=O)c(Br)cc1OCc1ccccc1F. The van der Waals surface area contributed by atoms with Crippen molar-refractivity contribution in [2.75, 3.05) is 12.0 Å². The van der Waals surface area contributed by atoms with Crippen LogP contribution in [0.5, 0.6) is 11.5 Å². The number of hydrogen-bond acceptors (Lipinski definition) is 4. The molecule has 0 radical (unpaired) electrons. The largest absolute Gasteiger partial charge is 0.493 e. The molecule has 1 N–H and O–H groups in total. The van der Waals surface area contributed by atoms with Crippen molar-refractivity contribution in [1.29, 1.82) is 0 Å². The molecule has 0 bridgehead atoms. The first-order chi connectivity index (χ1) is 15.5. The molecule has 3 amide bonds. The molecule has 1 aliphatic heterocycles. The van der Waals surface area contributed by atoms with Gasteiger partial charge < -0.3 is 14.8 Å². The van der Waals surface area contributed by atoms with Crippen molar-refractivity contribution in [2.45, 2.75) is 6.61 Å². The first-order valence-electron chi connectivity index (χ1n) is 9.64. The number of benzene rings is 3. The highest BCUT2D eigenvalue weighted by molar-refractivity contribution is 9.10. The Morgan fingerprint density at radius 3 is 2.47 bits per heavy atom. The van der Waals surface area contributed by atoms with Crippen molar-refractivity contribution < 1.29 is 23.5 Å².